The van der Waals surface area contributed by atoms with Gasteiger partial charge in [-0.1, -0.05) is 0 Å². The number of rotatable bonds is 8. The van der Waals surface area contributed by atoms with E-state index in [-0.39, 0.29) is 0 Å². The van der Waals surface area contributed by atoms with Crippen molar-refractivity contribution in [2.75, 3.05) is 58.5 Å². The van der Waals surface area contributed by atoms with Gasteiger partial charge in [0.05, 0.1) is 32.8 Å². The molecule has 8 heteroatoms. The molecule has 5 rings (SSSR count). The van der Waals surface area contributed by atoms with Gasteiger partial charge in [-0.05, 0) is 49.4 Å². The quantitative estimate of drug-likeness (QED) is 0.496. The number of aromatic nitrogens is 2. The van der Waals surface area contributed by atoms with Crippen LogP contribution in [0.3, 0.4) is 0 Å². The first-order valence-electron chi connectivity index (χ1n) is 11.8. The van der Waals surface area contributed by atoms with Gasteiger partial charge < -0.3 is 19.1 Å². The summed E-state index contributed by atoms with van der Waals surface area (Å²) in [6.07, 6.45) is 6.52. The molecule has 3 aromatic rings. The molecule has 0 saturated carbocycles. The molecule has 0 spiro atoms. The Morgan fingerprint density at radius 3 is 2.76 bits per heavy atom. The van der Waals surface area contributed by atoms with Crippen molar-refractivity contribution < 1.29 is 14.2 Å². The molecule has 1 saturated heterocycles. The third kappa shape index (κ3) is 4.78. The summed E-state index contributed by atoms with van der Waals surface area (Å²) in [4.78, 5) is 17.0. The summed E-state index contributed by atoms with van der Waals surface area (Å²) in [5.74, 6) is 2.74. The number of thiophene rings is 1. The molecule has 0 atom stereocenters. The van der Waals surface area contributed by atoms with E-state index in [0.29, 0.717) is 6.54 Å². The Kier molecular flexibility index (Phi) is 6.94. The Bertz CT molecular complexity index is 1100. The van der Waals surface area contributed by atoms with E-state index >= 15 is 0 Å². The van der Waals surface area contributed by atoms with Gasteiger partial charge in [-0.3, -0.25) is 4.90 Å². The Morgan fingerprint density at radius 2 is 1.94 bits per heavy atom. The maximum Gasteiger partial charge on any atom is 0.141 e. The fourth-order valence-electron chi connectivity index (χ4n) is 4.87. The van der Waals surface area contributed by atoms with Gasteiger partial charge >= 0.3 is 0 Å². The molecule has 3 heterocycles. The molecule has 176 valence electrons. The fourth-order valence-corrected chi connectivity index (χ4v) is 6.09. The van der Waals surface area contributed by atoms with E-state index in [9.17, 15) is 0 Å². The summed E-state index contributed by atoms with van der Waals surface area (Å²) in [5.41, 5.74) is 2.56. The molecule has 1 aliphatic heterocycles. The number of fused-ring (bicyclic) bond motifs is 3. The van der Waals surface area contributed by atoms with Gasteiger partial charge in [-0.15, -0.1) is 11.3 Å². The fraction of sp³-hybridized carbons (Fsp3) is 0.520. The average molecular weight is 469 g/mol. The van der Waals surface area contributed by atoms with Crippen molar-refractivity contribution in [2.24, 2.45) is 0 Å². The van der Waals surface area contributed by atoms with Crippen molar-refractivity contribution in [3.63, 3.8) is 0 Å². The summed E-state index contributed by atoms with van der Waals surface area (Å²) in [6, 6.07) is 6.00. The molecular weight excluding hydrogens is 436 g/mol. The second kappa shape index (κ2) is 10.2. The minimum Gasteiger partial charge on any atom is -0.497 e. The molecule has 0 amide bonds. The summed E-state index contributed by atoms with van der Waals surface area (Å²) in [7, 11) is 3.43. The van der Waals surface area contributed by atoms with E-state index in [2.05, 4.69) is 20.9 Å². The minimum absolute atomic E-state index is 0.696. The van der Waals surface area contributed by atoms with Crippen LogP contribution >= 0.6 is 11.3 Å². The van der Waals surface area contributed by atoms with Crippen LogP contribution in [0, 0.1) is 0 Å². The van der Waals surface area contributed by atoms with Gasteiger partial charge in [0.15, 0.2) is 0 Å². The molecule has 2 aromatic heterocycles. The van der Waals surface area contributed by atoms with Crippen LogP contribution in [0.4, 0.5) is 5.82 Å². The summed E-state index contributed by atoms with van der Waals surface area (Å²) >= 11 is 1.85. The Balaban J connectivity index is 1.52. The highest BCUT2D eigenvalue weighted by atomic mass is 32.1. The van der Waals surface area contributed by atoms with E-state index in [1.165, 1.54) is 28.7 Å². The van der Waals surface area contributed by atoms with Crippen molar-refractivity contribution in [2.45, 2.75) is 32.2 Å². The van der Waals surface area contributed by atoms with Crippen LogP contribution in [-0.4, -0.2) is 68.5 Å². The van der Waals surface area contributed by atoms with Crippen LogP contribution in [0.15, 0.2) is 24.5 Å². The zero-order valence-corrected chi connectivity index (χ0v) is 20.3. The first kappa shape index (κ1) is 22.4. The van der Waals surface area contributed by atoms with E-state index in [1.54, 1.807) is 20.5 Å². The van der Waals surface area contributed by atoms with Gasteiger partial charge in [0, 0.05) is 43.2 Å². The number of ether oxygens (including phenoxy) is 3. The molecule has 7 nitrogen and oxygen atoms in total. The first-order valence-corrected chi connectivity index (χ1v) is 12.6. The van der Waals surface area contributed by atoms with Gasteiger partial charge in [0.2, 0.25) is 0 Å². The standard InChI is InChI=1S/C25H32N4O3S/c1-30-19-7-8-21(31-2)18(15-19)16-29(10-9-28-11-13-32-14-12-28)24-23-20-5-3-4-6-22(20)33-25(23)27-17-26-24/h7-8,15,17H,3-6,9-14,16H2,1-2H3. The first-order chi connectivity index (χ1) is 16.3. The third-order valence-corrected chi connectivity index (χ3v) is 7.87. The van der Waals surface area contributed by atoms with Crippen molar-refractivity contribution in [1.82, 2.24) is 14.9 Å². The van der Waals surface area contributed by atoms with Gasteiger partial charge in [0.25, 0.3) is 0 Å². The number of benzene rings is 1. The topological polar surface area (TPSA) is 60.0 Å². The van der Waals surface area contributed by atoms with E-state index in [0.717, 1.165) is 79.9 Å². The van der Waals surface area contributed by atoms with E-state index < -0.39 is 0 Å². The van der Waals surface area contributed by atoms with Crippen LogP contribution in [-0.2, 0) is 24.1 Å². The Labute approximate surface area is 199 Å². The largest absolute Gasteiger partial charge is 0.497 e. The second-order valence-electron chi connectivity index (χ2n) is 8.64. The lowest BCUT2D eigenvalue weighted by Crippen LogP contribution is -2.41. The van der Waals surface area contributed by atoms with Crippen molar-refractivity contribution in [3.05, 3.63) is 40.5 Å². The number of morpholine rings is 1. The molecule has 33 heavy (non-hydrogen) atoms. The third-order valence-electron chi connectivity index (χ3n) is 6.67. The van der Waals surface area contributed by atoms with Crippen LogP contribution < -0.4 is 14.4 Å². The lowest BCUT2D eigenvalue weighted by atomic mass is 9.97. The second-order valence-corrected chi connectivity index (χ2v) is 9.73. The van der Waals surface area contributed by atoms with E-state index in [4.69, 9.17) is 19.2 Å². The zero-order valence-electron chi connectivity index (χ0n) is 19.5. The summed E-state index contributed by atoms with van der Waals surface area (Å²) in [5, 5.41) is 1.25. The average Bonchev–Trinajstić information content (AvgIpc) is 3.26. The Hall–Kier alpha value is -2.42. The number of aryl methyl sites for hydroxylation is 2. The monoisotopic (exact) mass is 468 g/mol. The molecule has 0 N–H and O–H groups in total. The van der Waals surface area contributed by atoms with Crippen LogP contribution in [0.2, 0.25) is 0 Å². The lowest BCUT2D eigenvalue weighted by molar-refractivity contribution is 0.0391. The van der Waals surface area contributed by atoms with Crippen LogP contribution in [0.5, 0.6) is 11.5 Å². The van der Waals surface area contributed by atoms with Gasteiger partial charge in [-0.25, -0.2) is 9.97 Å². The summed E-state index contributed by atoms with van der Waals surface area (Å²) in [6.45, 7) is 6.09. The number of hydrogen-bond acceptors (Lipinski definition) is 8. The highest BCUT2D eigenvalue weighted by Crippen LogP contribution is 2.40. The van der Waals surface area contributed by atoms with Gasteiger partial charge in [0.1, 0.15) is 28.5 Å². The number of methoxy groups -OCH3 is 2. The molecule has 0 bridgehead atoms. The molecular formula is C25H32N4O3S. The highest BCUT2D eigenvalue weighted by molar-refractivity contribution is 7.19. The molecule has 1 aliphatic carbocycles. The van der Waals surface area contributed by atoms with Crippen LogP contribution in [0.25, 0.3) is 10.2 Å². The maximum absolute atomic E-state index is 5.70. The number of anilines is 1. The Morgan fingerprint density at radius 1 is 1.09 bits per heavy atom. The van der Waals surface area contributed by atoms with Crippen molar-refractivity contribution >= 4 is 27.4 Å². The number of hydrogen-bond donors (Lipinski definition) is 0. The predicted molar refractivity (Wildman–Crippen MR) is 132 cm³/mol. The summed E-state index contributed by atoms with van der Waals surface area (Å²) < 4.78 is 16.8. The highest BCUT2D eigenvalue weighted by Gasteiger charge is 2.24. The molecule has 0 radical (unpaired) electrons. The molecule has 0 unspecified atom stereocenters. The van der Waals surface area contributed by atoms with Gasteiger partial charge in [-0.2, -0.15) is 0 Å². The van der Waals surface area contributed by atoms with Crippen molar-refractivity contribution in [1.29, 1.82) is 0 Å². The van der Waals surface area contributed by atoms with Crippen LogP contribution in [0.1, 0.15) is 28.8 Å². The SMILES string of the molecule is COc1ccc(OC)c(CN(CCN2CCOCC2)c2ncnc3sc4c(c23)CCCC4)c1. The zero-order chi connectivity index (χ0) is 22.6. The minimum atomic E-state index is 0.696. The smallest absolute Gasteiger partial charge is 0.141 e. The van der Waals surface area contributed by atoms with E-state index in [1.807, 2.05) is 23.5 Å². The van der Waals surface area contributed by atoms with Crippen molar-refractivity contribution in [3.8, 4) is 11.5 Å². The molecule has 1 fully saturated rings. The molecule has 1 aromatic carbocycles. The normalized spacial score (nSPS) is 16.5. The lowest BCUT2D eigenvalue weighted by Gasteiger charge is -2.31. The predicted octanol–water partition coefficient (Wildman–Crippen LogP) is 3.93. The number of nitrogens with zero attached hydrogens (tertiary/aromatic N) is 4. The maximum atomic E-state index is 5.70. The molecule has 2 aliphatic rings.